The molecule has 1 aliphatic rings. The summed E-state index contributed by atoms with van der Waals surface area (Å²) in [5.74, 6) is -0.479. The van der Waals surface area contributed by atoms with Crippen molar-refractivity contribution >= 4 is 32.7 Å². The van der Waals surface area contributed by atoms with Crippen molar-refractivity contribution in [3.8, 4) is 33.6 Å². The molecule has 0 spiro atoms. The van der Waals surface area contributed by atoms with Crippen LogP contribution in [0.25, 0.3) is 66.4 Å². The number of fused-ring (bicyclic) bond motifs is 5. The Labute approximate surface area is 354 Å². The first kappa shape index (κ1) is 32.2. The van der Waals surface area contributed by atoms with Gasteiger partial charge in [0.15, 0.2) is 0 Å². The summed E-state index contributed by atoms with van der Waals surface area (Å²) < 4.78 is 54.2. The van der Waals surface area contributed by atoms with Crippen molar-refractivity contribution in [2.45, 2.75) is 79.4 Å². The maximum Gasteiger partial charge on any atom is 0.128 e. The predicted molar refractivity (Wildman–Crippen MR) is 230 cm³/mol. The fourth-order valence-electron chi connectivity index (χ4n) is 7.47. The van der Waals surface area contributed by atoms with E-state index in [2.05, 4.69) is 104 Å². The third-order valence-electron chi connectivity index (χ3n) is 10.5. The van der Waals surface area contributed by atoms with Crippen LogP contribution in [0.1, 0.15) is 91.1 Å². The van der Waals surface area contributed by atoms with Gasteiger partial charge in [0, 0.05) is 51.5 Å². The molecule has 0 saturated heterocycles. The number of pyridine rings is 2. The molecular weight excluding hydrogens is 861 g/mol. The van der Waals surface area contributed by atoms with E-state index in [1.54, 1.807) is 24.3 Å². The zero-order valence-corrected chi connectivity index (χ0v) is 35.0. The Hall–Kier alpha value is -4.89. The minimum Gasteiger partial charge on any atom is -0.500 e. The van der Waals surface area contributed by atoms with E-state index in [1.165, 1.54) is 17.6 Å². The van der Waals surface area contributed by atoms with Crippen LogP contribution in [0, 0.1) is 29.8 Å². The molecule has 3 heterocycles. The topological polar surface area (TPSA) is 38.9 Å². The molecule has 5 aromatic carbocycles. The average Bonchev–Trinajstić information content (AvgIpc) is 3.64. The van der Waals surface area contributed by atoms with Gasteiger partial charge >= 0.3 is 0 Å². The zero-order valence-electron chi connectivity index (χ0n) is 38.6. The predicted octanol–water partition coefficient (Wildman–Crippen LogP) is 14.4. The molecule has 285 valence electrons. The third kappa shape index (κ3) is 8.73. The first-order chi connectivity index (χ1) is 28.8. The molecule has 0 unspecified atom stereocenters. The van der Waals surface area contributed by atoms with Crippen LogP contribution in [0.3, 0.4) is 0 Å². The molecule has 1 radical (unpaired) electrons. The van der Waals surface area contributed by atoms with E-state index in [1.807, 2.05) is 39.1 Å². The molecule has 56 heavy (non-hydrogen) atoms. The van der Waals surface area contributed by atoms with Crippen molar-refractivity contribution in [2.24, 2.45) is 10.8 Å². The van der Waals surface area contributed by atoms with E-state index in [9.17, 15) is 0 Å². The Balaban J connectivity index is 0.000000208. The Morgan fingerprint density at radius 2 is 1.59 bits per heavy atom. The van der Waals surface area contributed by atoms with Gasteiger partial charge in [0.1, 0.15) is 5.58 Å². The van der Waals surface area contributed by atoms with E-state index in [0.29, 0.717) is 22.2 Å². The average molecular weight is 917 g/mol. The quantitative estimate of drug-likeness (QED) is 0.162. The molecule has 8 aromatic rings. The summed E-state index contributed by atoms with van der Waals surface area (Å²) in [5.41, 5.74) is 8.66. The zero-order chi connectivity index (χ0) is 43.4. The first-order valence-corrected chi connectivity index (χ1v) is 19.1. The van der Waals surface area contributed by atoms with Gasteiger partial charge in [-0.2, -0.15) is 0 Å². The molecular formula is C52H50IrN2O-2. The van der Waals surface area contributed by atoms with Crippen LogP contribution in [0.2, 0.25) is 0 Å². The van der Waals surface area contributed by atoms with Crippen molar-refractivity contribution < 1.29 is 32.7 Å². The standard InChI is InChI=1S/C35H30NO.C17H20N.Ir/c1-35(2)19-16-25(17-20-35)23-10-12-24(13-11-23)27-18-21-36-32(22-27)31-9-5-8-29-30-15-14-26-6-3-4-7-28(26)33(30)37-34(29)31;1-13-5-8-15(9-6-13)16-10-7-14(12-18-16)11-17(2,3)4;/h3-8,10-15,18,21-22,25H,16-17,19-20H2,1-2H3;5-8,10,12H,11H2,1-4H3;/q2*-1;/i25D;1D3,11D2;. The van der Waals surface area contributed by atoms with Gasteiger partial charge in [0.05, 0.1) is 5.58 Å². The van der Waals surface area contributed by atoms with Crippen LogP contribution in [0.4, 0.5) is 0 Å². The van der Waals surface area contributed by atoms with E-state index in [4.69, 9.17) is 17.6 Å². The first-order valence-electron chi connectivity index (χ1n) is 22.1. The third-order valence-corrected chi connectivity index (χ3v) is 10.5. The normalized spacial score (nSPS) is 16.9. The molecule has 1 saturated carbocycles. The second-order valence-corrected chi connectivity index (χ2v) is 16.4. The number of nitrogens with zero attached hydrogens (tertiary/aromatic N) is 2. The molecule has 4 heteroatoms. The minimum atomic E-state index is -2.14. The van der Waals surface area contributed by atoms with Crippen LogP contribution in [-0.4, -0.2) is 9.97 Å². The van der Waals surface area contributed by atoms with Gasteiger partial charge in [-0.1, -0.05) is 131 Å². The van der Waals surface area contributed by atoms with Gasteiger partial charge in [-0.05, 0) is 93.9 Å². The van der Waals surface area contributed by atoms with Gasteiger partial charge < -0.3 is 14.4 Å². The van der Waals surface area contributed by atoms with Crippen molar-refractivity contribution in [1.29, 1.82) is 0 Å². The summed E-state index contributed by atoms with van der Waals surface area (Å²) in [4.78, 5) is 9.02. The number of hydrogen-bond donors (Lipinski definition) is 0. The number of furan rings is 1. The number of hydrogen-bond acceptors (Lipinski definition) is 3. The van der Waals surface area contributed by atoms with E-state index in [-0.39, 0.29) is 25.7 Å². The smallest absolute Gasteiger partial charge is 0.128 e. The molecule has 3 aromatic heterocycles. The maximum atomic E-state index is 9.11. The SMILES string of the molecule is [2H]C([2H])([2H])c1c[c-]c(-c2ccc(C([2H])([2H])C(C)(C)C)cn2)cc1.[2H]C1(c2ccc(-c3ccnc(-c4[c-]ccc5c4oc4c6ccccc6ccc54)c3)cc2)CCC(C)(C)CC1.[Ir]. The molecule has 0 N–H and O–H groups in total. The summed E-state index contributed by atoms with van der Waals surface area (Å²) in [6.45, 7) is 8.05. The van der Waals surface area contributed by atoms with E-state index in [0.717, 1.165) is 81.0 Å². The molecule has 9 rings (SSSR count). The van der Waals surface area contributed by atoms with Gasteiger partial charge in [-0.3, -0.25) is 0 Å². The number of aryl methyl sites for hydroxylation is 1. The van der Waals surface area contributed by atoms with Gasteiger partial charge in [0.25, 0.3) is 0 Å². The van der Waals surface area contributed by atoms with Crippen LogP contribution in [0.5, 0.6) is 0 Å². The van der Waals surface area contributed by atoms with Crippen molar-refractivity contribution in [3.63, 3.8) is 0 Å². The Morgan fingerprint density at radius 3 is 2.30 bits per heavy atom. The van der Waals surface area contributed by atoms with Gasteiger partial charge in [-0.15, -0.1) is 53.6 Å². The van der Waals surface area contributed by atoms with E-state index < -0.39 is 24.5 Å². The summed E-state index contributed by atoms with van der Waals surface area (Å²) in [7, 11) is 0. The Kier molecular flexibility index (Phi) is 9.38. The summed E-state index contributed by atoms with van der Waals surface area (Å²) in [6.07, 6.45) is 5.95. The molecule has 1 fully saturated rings. The van der Waals surface area contributed by atoms with Crippen LogP contribution in [0.15, 0.2) is 132 Å². The Bertz CT molecular complexity index is 2830. The van der Waals surface area contributed by atoms with Crippen molar-refractivity contribution in [2.75, 3.05) is 0 Å². The largest absolute Gasteiger partial charge is 0.500 e. The Morgan fingerprint density at radius 1 is 0.804 bits per heavy atom. The summed E-state index contributed by atoms with van der Waals surface area (Å²) in [5, 5.41) is 4.46. The second kappa shape index (κ2) is 16.3. The van der Waals surface area contributed by atoms with Gasteiger partial charge in [0.2, 0.25) is 0 Å². The van der Waals surface area contributed by atoms with Crippen LogP contribution in [-0.2, 0) is 26.5 Å². The summed E-state index contributed by atoms with van der Waals surface area (Å²) in [6, 6.07) is 43.9. The van der Waals surface area contributed by atoms with Crippen LogP contribution >= 0.6 is 0 Å². The molecule has 3 nitrogen and oxygen atoms in total. The van der Waals surface area contributed by atoms with Crippen molar-refractivity contribution in [3.05, 3.63) is 156 Å². The number of rotatable bonds is 5. The fraction of sp³-hybridized carbons (Fsp3) is 0.269. The molecule has 0 amide bonds. The molecule has 0 atom stereocenters. The van der Waals surface area contributed by atoms with Crippen molar-refractivity contribution in [1.82, 2.24) is 9.97 Å². The fourth-order valence-corrected chi connectivity index (χ4v) is 7.47. The van der Waals surface area contributed by atoms with E-state index >= 15 is 0 Å². The summed E-state index contributed by atoms with van der Waals surface area (Å²) >= 11 is 0. The molecule has 1 aliphatic carbocycles. The maximum absolute atomic E-state index is 9.11. The van der Waals surface area contributed by atoms with Gasteiger partial charge in [-0.25, -0.2) is 0 Å². The minimum absolute atomic E-state index is 0. The number of aromatic nitrogens is 2. The number of benzene rings is 5. The second-order valence-electron chi connectivity index (χ2n) is 16.4. The molecule has 0 aliphatic heterocycles. The monoisotopic (exact) mass is 917 g/mol. The van der Waals surface area contributed by atoms with Crippen LogP contribution < -0.4 is 0 Å². The molecule has 0 bridgehead atoms.